The maximum atomic E-state index is 2.53. The molecule has 0 radical (unpaired) electrons. The third-order valence-electron chi connectivity index (χ3n) is 16.8. The lowest BCUT2D eigenvalue weighted by atomic mass is 9.67. The van der Waals surface area contributed by atoms with Crippen LogP contribution in [0, 0.1) is 0 Å². The topological polar surface area (TPSA) is 3.24 Å². The van der Waals surface area contributed by atoms with Gasteiger partial charge in [0.2, 0.25) is 0 Å². The summed E-state index contributed by atoms with van der Waals surface area (Å²) in [7, 11) is 0. The first-order chi connectivity index (χ1) is 33.2. The molecule has 0 unspecified atom stereocenters. The van der Waals surface area contributed by atoms with Crippen LogP contribution in [0.25, 0.3) is 44.5 Å². The van der Waals surface area contributed by atoms with E-state index in [2.05, 4.69) is 239 Å². The molecule has 68 heavy (non-hydrogen) atoms. The first kappa shape index (κ1) is 41.0. The monoisotopic (exact) mass is 875 g/mol. The molecule has 1 heteroatoms. The number of hydrogen-bond acceptors (Lipinski definition) is 1. The van der Waals surface area contributed by atoms with Crippen LogP contribution in [0.2, 0.25) is 0 Å². The van der Waals surface area contributed by atoms with E-state index < -0.39 is 5.41 Å². The summed E-state index contributed by atoms with van der Waals surface area (Å²) in [6.45, 7) is 9.55. The van der Waals surface area contributed by atoms with Crippen molar-refractivity contribution in [1.82, 2.24) is 0 Å². The Balaban J connectivity index is 0.962. The molecular weight excluding hydrogens is 819 g/mol. The minimum Gasteiger partial charge on any atom is -0.310 e. The molecule has 0 aliphatic heterocycles. The third kappa shape index (κ3) is 6.00. The summed E-state index contributed by atoms with van der Waals surface area (Å²) in [5, 5.41) is 0. The van der Waals surface area contributed by atoms with Crippen molar-refractivity contribution < 1.29 is 0 Å². The number of hydrogen-bond donors (Lipinski definition) is 0. The second kappa shape index (κ2) is 15.4. The molecule has 1 saturated carbocycles. The summed E-state index contributed by atoms with van der Waals surface area (Å²) < 4.78 is 0. The van der Waals surface area contributed by atoms with Gasteiger partial charge in [0, 0.05) is 27.9 Å². The molecular formula is C67H57N. The van der Waals surface area contributed by atoms with Crippen molar-refractivity contribution in [2.75, 3.05) is 4.90 Å². The van der Waals surface area contributed by atoms with E-state index in [1.54, 1.807) is 0 Å². The molecule has 0 N–H and O–H groups in total. The Morgan fingerprint density at radius 3 is 1.37 bits per heavy atom. The first-order valence-electron chi connectivity index (χ1n) is 25.0. The normalized spacial score (nSPS) is 16.5. The predicted octanol–water partition coefficient (Wildman–Crippen LogP) is 17.8. The molecule has 0 spiro atoms. The van der Waals surface area contributed by atoms with Crippen molar-refractivity contribution in [3.8, 4) is 44.5 Å². The molecule has 13 rings (SSSR count). The highest BCUT2D eigenvalue weighted by Gasteiger charge is 2.46. The lowest BCUT2D eigenvalue weighted by Crippen LogP contribution is -2.28. The van der Waals surface area contributed by atoms with E-state index in [1.165, 1.54) is 138 Å². The number of fused-ring (bicyclic) bond motifs is 9. The van der Waals surface area contributed by atoms with Gasteiger partial charge in [-0.3, -0.25) is 0 Å². The standard InChI is InChI=1S/C67H57N/c1-65(2)59-26-16-14-25-54(59)57-40-46(30-38-60(57)65)47-31-39-61-58(41-47)56-37-35-51(42-63(56)66(61,3)4)68(50-32-28-45(29-33-50)44-18-8-5-9-19-44)52-34-36-55-53-24-15-17-27-62(53)67(64(55)43-52,48-20-10-6-11-21-48)49-22-12-7-13-23-49/h6-7,10-17,20-44H,5,8-9,18-19H2,1-4H3. The minimum atomic E-state index is -0.487. The van der Waals surface area contributed by atoms with Crippen molar-refractivity contribution >= 4 is 17.1 Å². The molecule has 9 aromatic rings. The van der Waals surface area contributed by atoms with Crippen LogP contribution < -0.4 is 4.90 Å². The summed E-state index contributed by atoms with van der Waals surface area (Å²) in [5.74, 6) is 0.644. The molecule has 0 bridgehead atoms. The summed E-state index contributed by atoms with van der Waals surface area (Å²) in [4.78, 5) is 2.53. The van der Waals surface area contributed by atoms with E-state index in [0.29, 0.717) is 5.92 Å². The summed E-state index contributed by atoms with van der Waals surface area (Å²) >= 11 is 0. The smallest absolute Gasteiger partial charge is 0.0714 e. The Bertz CT molecular complexity index is 3380. The number of benzene rings is 9. The molecule has 0 heterocycles. The van der Waals surface area contributed by atoms with Gasteiger partial charge in [0.25, 0.3) is 0 Å². The van der Waals surface area contributed by atoms with E-state index in [0.717, 1.165) is 5.69 Å². The molecule has 0 aromatic heterocycles. The number of nitrogens with zero attached hydrogens (tertiary/aromatic N) is 1. The fourth-order valence-corrected chi connectivity index (χ4v) is 13.3. The molecule has 1 nitrogen and oxygen atoms in total. The van der Waals surface area contributed by atoms with Crippen LogP contribution in [-0.2, 0) is 16.2 Å². The highest BCUT2D eigenvalue weighted by atomic mass is 15.1. The summed E-state index contributed by atoms with van der Waals surface area (Å²) in [5.41, 5.74) is 25.6. The van der Waals surface area contributed by atoms with E-state index in [-0.39, 0.29) is 10.8 Å². The summed E-state index contributed by atoms with van der Waals surface area (Å²) in [6.07, 6.45) is 6.59. The van der Waals surface area contributed by atoms with Crippen LogP contribution in [0.3, 0.4) is 0 Å². The van der Waals surface area contributed by atoms with Crippen molar-refractivity contribution in [3.05, 3.63) is 256 Å². The quantitative estimate of drug-likeness (QED) is 0.154. The highest BCUT2D eigenvalue weighted by Crippen LogP contribution is 2.58. The third-order valence-corrected chi connectivity index (χ3v) is 16.8. The molecule has 330 valence electrons. The van der Waals surface area contributed by atoms with Crippen LogP contribution in [-0.4, -0.2) is 0 Å². The SMILES string of the molecule is CC1(C)c2ccccc2-c2cc(-c3ccc4c(c3)-c3ccc(N(c5ccc(C6CCCCC6)cc5)c5ccc6c(c5)C(c5ccccc5)(c5ccccc5)c5ccccc5-6)cc3C4(C)C)ccc21. The maximum absolute atomic E-state index is 2.53. The Kier molecular flexibility index (Phi) is 9.29. The number of anilines is 3. The van der Waals surface area contributed by atoms with Gasteiger partial charge >= 0.3 is 0 Å². The van der Waals surface area contributed by atoms with Gasteiger partial charge in [0.05, 0.1) is 5.41 Å². The molecule has 1 fully saturated rings. The Morgan fingerprint density at radius 2 is 0.779 bits per heavy atom. The van der Waals surface area contributed by atoms with Gasteiger partial charge in [-0.1, -0.05) is 205 Å². The average molecular weight is 876 g/mol. The zero-order chi connectivity index (χ0) is 45.8. The van der Waals surface area contributed by atoms with E-state index >= 15 is 0 Å². The maximum Gasteiger partial charge on any atom is 0.0714 e. The van der Waals surface area contributed by atoms with E-state index in [1.807, 2.05) is 0 Å². The van der Waals surface area contributed by atoms with Gasteiger partial charge in [-0.25, -0.2) is 0 Å². The fourth-order valence-electron chi connectivity index (χ4n) is 13.3. The van der Waals surface area contributed by atoms with Gasteiger partial charge in [-0.05, 0) is 162 Å². The van der Waals surface area contributed by atoms with E-state index in [9.17, 15) is 0 Å². The molecule has 4 aliphatic carbocycles. The fraction of sp³-hybridized carbons (Fsp3) is 0.194. The number of rotatable bonds is 7. The molecule has 0 atom stereocenters. The van der Waals surface area contributed by atoms with Crippen molar-refractivity contribution in [1.29, 1.82) is 0 Å². The second-order valence-corrected chi connectivity index (χ2v) is 21.1. The zero-order valence-corrected chi connectivity index (χ0v) is 39.7. The van der Waals surface area contributed by atoms with Crippen LogP contribution in [0.15, 0.2) is 206 Å². The van der Waals surface area contributed by atoms with Crippen LogP contribution >= 0.6 is 0 Å². The second-order valence-electron chi connectivity index (χ2n) is 21.1. The van der Waals surface area contributed by atoms with Crippen molar-refractivity contribution in [2.24, 2.45) is 0 Å². The molecule has 9 aromatic carbocycles. The molecule has 0 amide bonds. The Labute approximate surface area is 402 Å². The van der Waals surface area contributed by atoms with Gasteiger partial charge < -0.3 is 4.90 Å². The van der Waals surface area contributed by atoms with E-state index in [4.69, 9.17) is 0 Å². The van der Waals surface area contributed by atoms with Gasteiger partial charge in [-0.2, -0.15) is 0 Å². The highest BCUT2D eigenvalue weighted by molar-refractivity contribution is 5.92. The van der Waals surface area contributed by atoms with Crippen LogP contribution in [0.1, 0.15) is 116 Å². The van der Waals surface area contributed by atoms with Crippen molar-refractivity contribution in [3.63, 3.8) is 0 Å². The Hall–Kier alpha value is -7.22. The largest absolute Gasteiger partial charge is 0.310 e. The van der Waals surface area contributed by atoms with Crippen LogP contribution in [0.5, 0.6) is 0 Å². The first-order valence-corrected chi connectivity index (χ1v) is 25.0. The van der Waals surface area contributed by atoms with Gasteiger partial charge in [0.1, 0.15) is 0 Å². The minimum absolute atomic E-state index is 0.00786. The van der Waals surface area contributed by atoms with Crippen LogP contribution in [0.4, 0.5) is 17.1 Å². The Morgan fingerprint density at radius 1 is 0.338 bits per heavy atom. The van der Waals surface area contributed by atoms with Gasteiger partial charge in [0.15, 0.2) is 0 Å². The summed E-state index contributed by atoms with van der Waals surface area (Å²) in [6, 6.07) is 79.0. The predicted molar refractivity (Wildman–Crippen MR) is 285 cm³/mol. The lowest BCUT2D eigenvalue weighted by Gasteiger charge is -2.35. The zero-order valence-electron chi connectivity index (χ0n) is 39.7. The van der Waals surface area contributed by atoms with Gasteiger partial charge in [-0.15, -0.1) is 0 Å². The molecule has 0 saturated heterocycles. The van der Waals surface area contributed by atoms with Crippen molar-refractivity contribution in [2.45, 2.75) is 82.0 Å². The molecule has 4 aliphatic rings. The lowest BCUT2D eigenvalue weighted by molar-refractivity contribution is 0.443. The average Bonchev–Trinajstić information content (AvgIpc) is 3.91.